The molecular formula is C12H19N3O3S. The van der Waals surface area contributed by atoms with Crippen molar-refractivity contribution in [1.82, 2.24) is 4.72 Å². The number of hydrogen-bond donors (Lipinski definition) is 3. The van der Waals surface area contributed by atoms with Crippen molar-refractivity contribution in [1.29, 1.82) is 0 Å². The molecule has 0 unspecified atom stereocenters. The minimum atomic E-state index is -3.55. The van der Waals surface area contributed by atoms with E-state index in [0.717, 1.165) is 0 Å². The third kappa shape index (κ3) is 3.76. The van der Waals surface area contributed by atoms with E-state index >= 15 is 0 Å². The van der Waals surface area contributed by atoms with Crippen LogP contribution in [0.3, 0.4) is 0 Å². The first kappa shape index (κ1) is 15.6. The number of carbonyl (C=O) groups is 1. The highest BCUT2D eigenvalue weighted by Gasteiger charge is 2.17. The van der Waals surface area contributed by atoms with Gasteiger partial charge in [0.2, 0.25) is 15.9 Å². The first-order valence-electron chi connectivity index (χ1n) is 5.92. The Morgan fingerprint density at radius 2 is 2.05 bits per heavy atom. The second-order valence-corrected chi connectivity index (χ2v) is 6.05. The molecule has 6 nitrogen and oxygen atoms in total. The van der Waals surface area contributed by atoms with Crippen molar-refractivity contribution in [2.45, 2.75) is 31.2 Å². The summed E-state index contributed by atoms with van der Waals surface area (Å²) in [5.74, 6) is -0.334. The van der Waals surface area contributed by atoms with Gasteiger partial charge in [-0.3, -0.25) is 4.79 Å². The molecule has 0 saturated heterocycles. The number of nitrogens with two attached hydrogens (primary N) is 1. The highest BCUT2D eigenvalue weighted by Crippen LogP contribution is 2.20. The summed E-state index contributed by atoms with van der Waals surface area (Å²) in [6, 6.07) is 4.09. The molecule has 4 N–H and O–H groups in total. The predicted octanol–water partition coefficient (Wildman–Crippen LogP) is 0.579. The SMILES string of the molecule is CC[C@H](N)C(=O)Nc1ccc(C)c(S(=O)(=O)NC)c1. The largest absolute Gasteiger partial charge is 0.325 e. The zero-order valence-electron chi connectivity index (χ0n) is 11.2. The lowest BCUT2D eigenvalue weighted by Crippen LogP contribution is -2.34. The molecular weight excluding hydrogens is 266 g/mol. The van der Waals surface area contributed by atoms with Gasteiger partial charge in [0, 0.05) is 5.69 Å². The van der Waals surface area contributed by atoms with Gasteiger partial charge in [-0.1, -0.05) is 13.0 Å². The Labute approximate surface area is 113 Å². The van der Waals surface area contributed by atoms with Crippen LogP contribution in [0.4, 0.5) is 5.69 Å². The van der Waals surface area contributed by atoms with Gasteiger partial charge in [0.15, 0.2) is 0 Å². The molecule has 0 fully saturated rings. The van der Waals surface area contributed by atoms with Gasteiger partial charge < -0.3 is 11.1 Å². The second kappa shape index (κ2) is 6.14. The van der Waals surface area contributed by atoms with Gasteiger partial charge >= 0.3 is 0 Å². The van der Waals surface area contributed by atoms with E-state index in [1.165, 1.54) is 13.1 Å². The number of benzene rings is 1. The molecule has 0 saturated carbocycles. The fraction of sp³-hybridized carbons (Fsp3) is 0.417. The van der Waals surface area contributed by atoms with E-state index in [0.29, 0.717) is 17.7 Å². The molecule has 19 heavy (non-hydrogen) atoms. The molecule has 0 aliphatic rings. The van der Waals surface area contributed by atoms with Crippen LogP contribution in [0.2, 0.25) is 0 Å². The molecule has 1 atom stereocenters. The number of anilines is 1. The van der Waals surface area contributed by atoms with E-state index in [1.807, 2.05) is 0 Å². The average Bonchev–Trinajstić information content (AvgIpc) is 2.39. The fourth-order valence-electron chi connectivity index (χ4n) is 1.50. The van der Waals surface area contributed by atoms with Crippen molar-refractivity contribution in [3.8, 4) is 0 Å². The van der Waals surface area contributed by atoms with Crippen LogP contribution < -0.4 is 15.8 Å². The van der Waals surface area contributed by atoms with E-state index in [-0.39, 0.29) is 10.8 Å². The van der Waals surface area contributed by atoms with Crippen LogP contribution >= 0.6 is 0 Å². The zero-order chi connectivity index (χ0) is 14.6. The summed E-state index contributed by atoms with van der Waals surface area (Å²) >= 11 is 0. The third-order valence-electron chi connectivity index (χ3n) is 2.79. The Morgan fingerprint density at radius 1 is 1.42 bits per heavy atom. The molecule has 1 amide bonds. The van der Waals surface area contributed by atoms with Crippen LogP contribution in [0.1, 0.15) is 18.9 Å². The van der Waals surface area contributed by atoms with Crippen LogP contribution in [0.5, 0.6) is 0 Å². The maximum absolute atomic E-state index is 11.8. The monoisotopic (exact) mass is 285 g/mol. The number of carbonyl (C=O) groups excluding carboxylic acids is 1. The van der Waals surface area contributed by atoms with Crippen molar-refractivity contribution < 1.29 is 13.2 Å². The molecule has 0 aromatic heterocycles. The van der Waals surface area contributed by atoms with Crippen molar-refractivity contribution in [2.75, 3.05) is 12.4 Å². The molecule has 1 aromatic carbocycles. The summed E-state index contributed by atoms with van der Waals surface area (Å²) in [6.45, 7) is 3.49. The number of amides is 1. The maximum Gasteiger partial charge on any atom is 0.241 e. The highest BCUT2D eigenvalue weighted by molar-refractivity contribution is 7.89. The van der Waals surface area contributed by atoms with Crippen LogP contribution in [-0.2, 0) is 14.8 Å². The lowest BCUT2D eigenvalue weighted by atomic mass is 10.2. The van der Waals surface area contributed by atoms with Gasteiger partial charge in [0.25, 0.3) is 0 Å². The molecule has 0 spiro atoms. The number of nitrogens with one attached hydrogen (secondary N) is 2. The van der Waals surface area contributed by atoms with Gasteiger partial charge in [0.1, 0.15) is 0 Å². The van der Waals surface area contributed by atoms with Crippen LogP contribution in [0.15, 0.2) is 23.1 Å². The minimum absolute atomic E-state index is 0.137. The Kier molecular flexibility index (Phi) is 5.04. The van der Waals surface area contributed by atoms with Crippen LogP contribution in [0.25, 0.3) is 0 Å². The quantitative estimate of drug-likeness (QED) is 0.736. The first-order valence-corrected chi connectivity index (χ1v) is 7.40. The van der Waals surface area contributed by atoms with Gasteiger partial charge in [0.05, 0.1) is 10.9 Å². The Balaban J connectivity index is 3.07. The number of aryl methyl sites for hydroxylation is 1. The summed E-state index contributed by atoms with van der Waals surface area (Å²) in [5.41, 5.74) is 6.62. The van der Waals surface area contributed by atoms with E-state index in [2.05, 4.69) is 10.0 Å². The first-order chi connectivity index (χ1) is 8.81. The number of hydrogen-bond acceptors (Lipinski definition) is 4. The predicted molar refractivity (Wildman–Crippen MR) is 74.3 cm³/mol. The highest BCUT2D eigenvalue weighted by atomic mass is 32.2. The van der Waals surface area contributed by atoms with Gasteiger partial charge in [-0.25, -0.2) is 13.1 Å². The van der Waals surface area contributed by atoms with Crippen molar-refractivity contribution >= 4 is 21.6 Å². The third-order valence-corrected chi connectivity index (χ3v) is 4.35. The molecule has 0 bridgehead atoms. The number of rotatable bonds is 5. The van der Waals surface area contributed by atoms with Crippen molar-refractivity contribution in [2.24, 2.45) is 5.73 Å². The van der Waals surface area contributed by atoms with Crippen LogP contribution in [-0.4, -0.2) is 27.4 Å². The maximum atomic E-state index is 11.8. The zero-order valence-corrected chi connectivity index (χ0v) is 12.0. The molecule has 0 radical (unpaired) electrons. The van der Waals surface area contributed by atoms with Gasteiger partial charge in [-0.2, -0.15) is 0 Å². The van der Waals surface area contributed by atoms with Crippen molar-refractivity contribution in [3.63, 3.8) is 0 Å². The normalized spacial score (nSPS) is 13.1. The minimum Gasteiger partial charge on any atom is -0.325 e. The molecule has 106 valence electrons. The summed E-state index contributed by atoms with van der Waals surface area (Å²) in [5, 5.41) is 2.60. The Hall–Kier alpha value is -1.44. The van der Waals surface area contributed by atoms with Gasteiger partial charge in [-0.15, -0.1) is 0 Å². The topological polar surface area (TPSA) is 101 Å². The fourth-order valence-corrected chi connectivity index (χ4v) is 2.49. The lowest BCUT2D eigenvalue weighted by Gasteiger charge is -2.12. The Morgan fingerprint density at radius 3 is 2.58 bits per heavy atom. The smallest absolute Gasteiger partial charge is 0.241 e. The van der Waals surface area contributed by atoms with Gasteiger partial charge in [-0.05, 0) is 38.1 Å². The summed E-state index contributed by atoms with van der Waals surface area (Å²) in [4.78, 5) is 11.8. The van der Waals surface area contributed by atoms with Crippen LogP contribution in [0, 0.1) is 6.92 Å². The second-order valence-electron chi connectivity index (χ2n) is 4.19. The summed E-state index contributed by atoms with van der Waals surface area (Å²) in [6.07, 6.45) is 0.513. The summed E-state index contributed by atoms with van der Waals surface area (Å²) in [7, 11) is -2.21. The van der Waals surface area contributed by atoms with Crippen molar-refractivity contribution in [3.05, 3.63) is 23.8 Å². The molecule has 0 heterocycles. The van der Waals surface area contributed by atoms with E-state index < -0.39 is 16.1 Å². The average molecular weight is 285 g/mol. The summed E-state index contributed by atoms with van der Waals surface area (Å²) < 4.78 is 25.9. The molecule has 1 aromatic rings. The molecule has 0 aliphatic heterocycles. The van der Waals surface area contributed by atoms with E-state index in [9.17, 15) is 13.2 Å². The standard InChI is InChI=1S/C12H19N3O3S/c1-4-10(13)12(16)15-9-6-5-8(2)11(7-9)19(17,18)14-3/h5-7,10,14H,4,13H2,1-3H3,(H,15,16)/t10-/m0/s1. The molecule has 7 heteroatoms. The van der Waals surface area contributed by atoms with E-state index in [4.69, 9.17) is 5.73 Å². The van der Waals surface area contributed by atoms with E-state index in [1.54, 1.807) is 26.0 Å². The lowest BCUT2D eigenvalue weighted by molar-refractivity contribution is -0.117. The molecule has 0 aliphatic carbocycles. The Bertz CT molecular complexity index is 570. The molecule has 1 rings (SSSR count). The number of sulfonamides is 1.